The molecule has 2 N–H and O–H groups in total. The van der Waals surface area contributed by atoms with Crippen molar-refractivity contribution in [2.45, 2.75) is 142 Å². The first-order chi connectivity index (χ1) is 18.5. The number of aliphatic hydroxyl groups is 2. The van der Waals surface area contributed by atoms with Gasteiger partial charge in [0.25, 0.3) is 0 Å². The minimum atomic E-state index is -2.09. The van der Waals surface area contributed by atoms with E-state index in [1.54, 1.807) is 22.9 Å². The highest BCUT2D eigenvalue weighted by molar-refractivity contribution is 8.00. The highest BCUT2D eigenvalue weighted by Gasteiger charge is 2.60. The summed E-state index contributed by atoms with van der Waals surface area (Å²) in [6.07, 6.45) is 18.9. The van der Waals surface area contributed by atoms with Gasteiger partial charge in [-0.05, 0) is 73.9 Å². The van der Waals surface area contributed by atoms with Crippen LogP contribution in [0, 0.1) is 22.7 Å². The first-order valence-electron chi connectivity index (χ1n) is 16.0. The Bertz CT molecular complexity index is 1080. The van der Waals surface area contributed by atoms with Crippen LogP contribution in [0.4, 0.5) is 0 Å². The topological polar surface area (TPSA) is 49.7 Å². The Morgan fingerprint density at radius 1 is 1.10 bits per heavy atom. The molecule has 0 bridgehead atoms. The van der Waals surface area contributed by atoms with E-state index in [9.17, 15) is 10.2 Å². The predicted molar refractivity (Wildman–Crippen MR) is 175 cm³/mol. The summed E-state index contributed by atoms with van der Waals surface area (Å²) in [5, 5.41) is 22.9. The zero-order chi connectivity index (χ0) is 29.8. The van der Waals surface area contributed by atoms with E-state index < -0.39 is 18.9 Å². The van der Waals surface area contributed by atoms with E-state index in [0.717, 1.165) is 6.42 Å². The van der Waals surface area contributed by atoms with Crippen LogP contribution in [0.25, 0.3) is 0 Å². The zero-order valence-corrected chi connectivity index (χ0v) is 29.0. The Labute approximate surface area is 251 Å². The lowest BCUT2D eigenvalue weighted by atomic mass is 9.49. The molecule has 2 fully saturated rings. The summed E-state index contributed by atoms with van der Waals surface area (Å²) in [7, 11) is -2.09. The lowest BCUT2D eigenvalue weighted by molar-refractivity contribution is -0.0526. The van der Waals surface area contributed by atoms with Gasteiger partial charge in [-0.1, -0.05) is 102 Å². The maximum atomic E-state index is 12.1. The lowest BCUT2D eigenvalue weighted by Gasteiger charge is -2.60. The van der Waals surface area contributed by atoms with Gasteiger partial charge in [0.15, 0.2) is 8.32 Å². The van der Waals surface area contributed by atoms with E-state index in [2.05, 4.69) is 78.9 Å². The normalized spacial score (nSPS) is 36.5. The second-order valence-corrected chi connectivity index (χ2v) is 21.4. The minimum absolute atomic E-state index is 0.0175. The fraction of sp³-hybridized carbons (Fsp3) is 0.771. The molecule has 0 spiro atoms. The number of fused-ring (bicyclic) bond motifs is 5. The highest BCUT2D eigenvalue weighted by atomic mass is 32.2. The maximum absolute atomic E-state index is 12.1. The van der Waals surface area contributed by atoms with E-state index in [1.807, 2.05) is 19.9 Å². The van der Waals surface area contributed by atoms with Crippen molar-refractivity contribution in [1.29, 1.82) is 0 Å². The molecule has 0 saturated heterocycles. The van der Waals surface area contributed by atoms with Gasteiger partial charge >= 0.3 is 0 Å². The van der Waals surface area contributed by atoms with Crippen molar-refractivity contribution >= 4 is 20.1 Å². The summed E-state index contributed by atoms with van der Waals surface area (Å²) in [6, 6.07) is 0. The van der Waals surface area contributed by atoms with Crippen LogP contribution in [0.2, 0.25) is 18.1 Å². The molecule has 0 aromatic carbocycles. The molecule has 226 valence electrons. The Kier molecular flexibility index (Phi) is 9.01. The van der Waals surface area contributed by atoms with Crippen LogP contribution >= 0.6 is 11.8 Å². The van der Waals surface area contributed by atoms with Gasteiger partial charge in [0, 0.05) is 24.0 Å². The summed E-state index contributed by atoms with van der Waals surface area (Å²) in [4.78, 5) is -0.877. The number of thioether (sulfide) groups is 1. The molecule has 5 heteroatoms. The molecule has 0 aromatic rings. The maximum Gasteiger partial charge on any atom is 0.192 e. The number of allylic oxidation sites excluding steroid dienone is 5. The van der Waals surface area contributed by atoms with Gasteiger partial charge in [0.05, 0.1) is 11.7 Å². The molecule has 0 aromatic heterocycles. The molecular weight excluding hydrogens is 529 g/mol. The number of hydrogen-bond acceptors (Lipinski definition) is 4. The second-order valence-electron chi connectivity index (χ2n) is 15.2. The Balaban J connectivity index is 1.68. The van der Waals surface area contributed by atoms with Crippen LogP contribution < -0.4 is 0 Å². The summed E-state index contributed by atoms with van der Waals surface area (Å²) >= 11 is 1.62. The molecule has 0 radical (unpaired) electrons. The monoisotopic (exact) mass is 586 g/mol. The lowest BCUT2D eigenvalue weighted by Crippen LogP contribution is -2.58. The first-order valence-corrected chi connectivity index (χ1v) is 19.9. The van der Waals surface area contributed by atoms with Crippen molar-refractivity contribution in [3.63, 3.8) is 0 Å². The summed E-state index contributed by atoms with van der Waals surface area (Å²) in [5.41, 5.74) is 4.12. The van der Waals surface area contributed by atoms with Crippen LogP contribution in [0.15, 0.2) is 47.1 Å². The second kappa shape index (κ2) is 11.2. The van der Waals surface area contributed by atoms with Crippen molar-refractivity contribution in [2.24, 2.45) is 22.7 Å². The summed E-state index contributed by atoms with van der Waals surface area (Å²) in [6.45, 7) is 23.1. The molecule has 4 rings (SSSR count). The molecule has 40 heavy (non-hydrogen) atoms. The van der Waals surface area contributed by atoms with E-state index in [4.69, 9.17) is 4.43 Å². The third-order valence-electron chi connectivity index (χ3n) is 12.1. The third kappa shape index (κ3) is 5.56. The van der Waals surface area contributed by atoms with Gasteiger partial charge in [-0.25, -0.2) is 0 Å². The number of rotatable bonds is 9. The van der Waals surface area contributed by atoms with Crippen LogP contribution in [0.5, 0.6) is 0 Å². The molecular formula is C35H58O3SSi. The smallest absolute Gasteiger partial charge is 0.192 e. The Morgan fingerprint density at radius 2 is 1.77 bits per heavy atom. The van der Waals surface area contributed by atoms with Gasteiger partial charge in [0.2, 0.25) is 0 Å². The van der Waals surface area contributed by atoms with Gasteiger partial charge in [-0.2, -0.15) is 0 Å². The average Bonchev–Trinajstić information content (AvgIpc) is 3.23. The van der Waals surface area contributed by atoms with Crippen molar-refractivity contribution < 1.29 is 14.6 Å². The molecule has 3 nitrogen and oxygen atoms in total. The van der Waals surface area contributed by atoms with Crippen molar-refractivity contribution in [2.75, 3.05) is 5.75 Å². The van der Waals surface area contributed by atoms with Crippen molar-refractivity contribution in [1.82, 2.24) is 0 Å². The molecule has 0 heterocycles. The Morgan fingerprint density at radius 3 is 2.38 bits per heavy atom. The van der Waals surface area contributed by atoms with E-state index in [0.29, 0.717) is 48.7 Å². The van der Waals surface area contributed by atoms with Crippen LogP contribution in [0.1, 0.15) is 107 Å². The SMILES string of the molecule is CCC1=CC[C@H]2C3=CC=C4C[C@](O)(SCC=CC(O)(CC)CC)C[C@H](O[Si](C)(C)C(C)(C)C)[C@]4(C)[C@H]3CC[C@]12C. The standard InChI is InChI=1S/C35H58O3SSi/c1-11-25-16-18-28-27-17-15-26-23-35(37,39-22-14-20-34(36,12-2)13-3)24-30(38-40(9,10)31(4,5)6)33(26,8)29(27)19-21-32(25,28)7/h14-17,20,28-30,36-37H,11-13,18-19,21-24H2,1-10H3/t28-,29-,30-,32+,33-,35-/m0/s1. The fourth-order valence-corrected chi connectivity index (χ4v) is 10.4. The Hall–Kier alpha value is -0.593. The van der Waals surface area contributed by atoms with E-state index in [1.165, 1.54) is 24.8 Å². The molecule has 0 unspecified atom stereocenters. The molecule has 0 aliphatic heterocycles. The number of hydrogen-bond donors (Lipinski definition) is 2. The highest BCUT2D eigenvalue weighted by Crippen LogP contribution is 2.66. The largest absolute Gasteiger partial charge is 0.413 e. The first kappa shape index (κ1) is 32.3. The molecule has 4 aliphatic carbocycles. The van der Waals surface area contributed by atoms with Gasteiger partial charge < -0.3 is 14.6 Å². The van der Waals surface area contributed by atoms with Gasteiger partial charge in [0.1, 0.15) is 4.93 Å². The quantitative estimate of drug-likeness (QED) is 0.161. The molecule has 0 amide bonds. The summed E-state index contributed by atoms with van der Waals surface area (Å²) in [5.74, 6) is 1.76. The van der Waals surface area contributed by atoms with E-state index in [-0.39, 0.29) is 16.6 Å². The average molecular weight is 587 g/mol. The van der Waals surface area contributed by atoms with Crippen LogP contribution in [-0.4, -0.2) is 40.9 Å². The summed E-state index contributed by atoms with van der Waals surface area (Å²) < 4.78 is 7.36. The molecule has 4 aliphatic rings. The van der Waals surface area contributed by atoms with E-state index >= 15 is 0 Å². The predicted octanol–water partition coefficient (Wildman–Crippen LogP) is 9.35. The minimum Gasteiger partial charge on any atom is -0.413 e. The molecule has 2 saturated carbocycles. The van der Waals surface area contributed by atoms with Gasteiger partial charge in [-0.3, -0.25) is 0 Å². The fourth-order valence-electron chi connectivity index (χ4n) is 8.01. The molecule has 6 atom stereocenters. The zero-order valence-electron chi connectivity index (χ0n) is 27.2. The van der Waals surface area contributed by atoms with Crippen LogP contribution in [-0.2, 0) is 4.43 Å². The third-order valence-corrected chi connectivity index (χ3v) is 17.8. The van der Waals surface area contributed by atoms with Crippen molar-refractivity contribution in [3.8, 4) is 0 Å². The van der Waals surface area contributed by atoms with Crippen molar-refractivity contribution in [3.05, 3.63) is 47.1 Å². The van der Waals surface area contributed by atoms with Crippen LogP contribution in [0.3, 0.4) is 0 Å². The van der Waals surface area contributed by atoms with Gasteiger partial charge in [-0.15, -0.1) is 11.8 Å².